The van der Waals surface area contributed by atoms with Crippen molar-refractivity contribution >= 4 is 11.9 Å². The molecule has 0 radical (unpaired) electrons. The van der Waals surface area contributed by atoms with E-state index in [1.54, 1.807) is 14.0 Å². The number of hydrogen-bond acceptors (Lipinski definition) is 5. The minimum Gasteiger partial charge on any atom is -0.466 e. The first-order valence-corrected chi connectivity index (χ1v) is 6.40. The maximum Gasteiger partial charge on any atom is 0.305 e. The Balaban J connectivity index is 3.50. The van der Waals surface area contributed by atoms with E-state index >= 15 is 0 Å². The number of esters is 2. The normalized spacial score (nSPS) is 11.9. The first-order valence-electron chi connectivity index (χ1n) is 6.40. The number of ether oxygens (including phenoxy) is 3. The Morgan fingerprint density at radius 3 is 2.28 bits per heavy atom. The van der Waals surface area contributed by atoms with Crippen LogP contribution in [0.1, 0.15) is 39.5 Å². The molecule has 0 aromatic heterocycles. The van der Waals surface area contributed by atoms with Gasteiger partial charge in [0.1, 0.15) is 0 Å². The minimum atomic E-state index is -0.265. The van der Waals surface area contributed by atoms with Crippen LogP contribution in [-0.4, -0.2) is 38.9 Å². The van der Waals surface area contributed by atoms with Gasteiger partial charge in [-0.25, -0.2) is 0 Å². The lowest BCUT2D eigenvalue weighted by atomic mass is 10.1. The van der Waals surface area contributed by atoms with Gasteiger partial charge in [-0.05, 0) is 25.7 Å². The van der Waals surface area contributed by atoms with Gasteiger partial charge in [-0.2, -0.15) is 0 Å². The van der Waals surface area contributed by atoms with E-state index < -0.39 is 0 Å². The predicted molar refractivity (Wildman–Crippen MR) is 67.1 cm³/mol. The molecule has 106 valence electrons. The molecule has 0 heterocycles. The molecule has 5 nitrogen and oxygen atoms in total. The summed E-state index contributed by atoms with van der Waals surface area (Å²) in [5, 5.41) is 0. The zero-order chi connectivity index (χ0) is 13.8. The number of methoxy groups -OCH3 is 1. The maximum absolute atomic E-state index is 11.4. The number of carbonyl (C=O) groups excluding carboxylic acids is 2. The van der Waals surface area contributed by atoms with E-state index in [0.29, 0.717) is 32.2 Å². The fourth-order valence-electron chi connectivity index (χ4n) is 1.32. The summed E-state index contributed by atoms with van der Waals surface area (Å²) in [5.74, 6) is -0.235. The summed E-state index contributed by atoms with van der Waals surface area (Å²) in [6, 6.07) is 0. The van der Waals surface area contributed by atoms with Crippen molar-refractivity contribution in [2.75, 3.05) is 26.9 Å². The van der Waals surface area contributed by atoms with Crippen molar-refractivity contribution in [3.05, 3.63) is 0 Å². The van der Waals surface area contributed by atoms with Gasteiger partial charge in [-0.3, -0.25) is 9.59 Å². The van der Waals surface area contributed by atoms with Gasteiger partial charge < -0.3 is 14.2 Å². The van der Waals surface area contributed by atoms with Gasteiger partial charge >= 0.3 is 11.9 Å². The molecule has 0 N–H and O–H groups in total. The molecule has 0 fully saturated rings. The van der Waals surface area contributed by atoms with Crippen LogP contribution in [0.25, 0.3) is 0 Å². The van der Waals surface area contributed by atoms with Crippen molar-refractivity contribution in [3.63, 3.8) is 0 Å². The van der Waals surface area contributed by atoms with Gasteiger partial charge in [0.15, 0.2) is 0 Å². The Labute approximate surface area is 109 Å². The summed E-state index contributed by atoms with van der Waals surface area (Å²) in [7, 11) is 1.65. The summed E-state index contributed by atoms with van der Waals surface area (Å²) in [4.78, 5) is 22.4. The van der Waals surface area contributed by atoms with Crippen LogP contribution in [0.3, 0.4) is 0 Å². The van der Waals surface area contributed by atoms with Gasteiger partial charge in [0.2, 0.25) is 0 Å². The summed E-state index contributed by atoms with van der Waals surface area (Å²) >= 11 is 0. The molecule has 1 unspecified atom stereocenters. The molecule has 18 heavy (non-hydrogen) atoms. The van der Waals surface area contributed by atoms with E-state index in [2.05, 4.69) is 0 Å². The summed E-state index contributed by atoms with van der Waals surface area (Å²) < 4.78 is 14.8. The van der Waals surface area contributed by atoms with Crippen LogP contribution in [0.2, 0.25) is 0 Å². The van der Waals surface area contributed by atoms with E-state index in [9.17, 15) is 9.59 Å². The van der Waals surface area contributed by atoms with Crippen LogP contribution in [-0.2, 0) is 23.8 Å². The number of rotatable bonds is 10. The zero-order valence-corrected chi connectivity index (χ0v) is 11.6. The zero-order valence-electron chi connectivity index (χ0n) is 11.6. The SMILES string of the molecule is CCOC(=O)CCCC(=O)OCC(C)CCOC. The van der Waals surface area contributed by atoms with Gasteiger partial charge in [-0.1, -0.05) is 6.92 Å². The predicted octanol–water partition coefficient (Wildman–Crippen LogP) is 1.94. The third-order valence-corrected chi connectivity index (χ3v) is 2.41. The van der Waals surface area contributed by atoms with Gasteiger partial charge in [0, 0.05) is 26.6 Å². The second kappa shape index (κ2) is 11.0. The monoisotopic (exact) mass is 260 g/mol. The van der Waals surface area contributed by atoms with Crippen LogP contribution in [0.4, 0.5) is 0 Å². The Morgan fingerprint density at radius 2 is 1.72 bits per heavy atom. The molecule has 0 bridgehead atoms. The molecule has 1 atom stereocenters. The molecule has 0 saturated heterocycles. The maximum atomic E-state index is 11.4. The van der Waals surface area contributed by atoms with Crippen molar-refractivity contribution in [1.29, 1.82) is 0 Å². The first kappa shape index (κ1) is 16.9. The van der Waals surface area contributed by atoms with Gasteiger partial charge in [0.25, 0.3) is 0 Å². The average Bonchev–Trinajstić information content (AvgIpc) is 2.34. The summed E-state index contributed by atoms with van der Waals surface area (Å²) in [6.07, 6.45) is 1.87. The topological polar surface area (TPSA) is 61.8 Å². The highest BCUT2D eigenvalue weighted by Gasteiger charge is 2.09. The van der Waals surface area contributed by atoms with Crippen LogP contribution >= 0.6 is 0 Å². The van der Waals surface area contributed by atoms with Crippen LogP contribution < -0.4 is 0 Å². The Kier molecular flexibility index (Phi) is 10.3. The van der Waals surface area contributed by atoms with E-state index in [0.717, 1.165) is 6.42 Å². The molecule has 0 aromatic carbocycles. The standard InChI is InChI=1S/C13H24O5/c1-4-17-12(14)6-5-7-13(15)18-10-11(2)8-9-16-3/h11H,4-10H2,1-3H3. The molecule has 0 saturated carbocycles. The molecule has 0 aliphatic carbocycles. The van der Waals surface area contributed by atoms with E-state index in [1.807, 2.05) is 6.92 Å². The van der Waals surface area contributed by atoms with Crippen molar-refractivity contribution in [2.45, 2.75) is 39.5 Å². The molecule has 0 spiro atoms. The highest BCUT2D eigenvalue weighted by molar-refractivity contribution is 5.72. The molecular weight excluding hydrogens is 236 g/mol. The quantitative estimate of drug-likeness (QED) is 0.562. The van der Waals surface area contributed by atoms with Crippen molar-refractivity contribution < 1.29 is 23.8 Å². The van der Waals surface area contributed by atoms with E-state index in [-0.39, 0.29) is 24.8 Å². The second-order valence-corrected chi connectivity index (χ2v) is 4.23. The molecule has 0 aliphatic heterocycles. The third kappa shape index (κ3) is 10.1. The van der Waals surface area contributed by atoms with Crippen LogP contribution in [0.15, 0.2) is 0 Å². The molecule has 0 rings (SSSR count). The number of carbonyl (C=O) groups is 2. The van der Waals surface area contributed by atoms with Gasteiger partial charge in [0.05, 0.1) is 13.2 Å². The van der Waals surface area contributed by atoms with E-state index in [1.165, 1.54) is 0 Å². The minimum absolute atomic E-state index is 0.260. The lowest BCUT2D eigenvalue weighted by Gasteiger charge is -2.11. The Hall–Kier alpha value is -1.10. The smallest absolute Gasteiger partial charge is 0.305 e. The molecular formula is C13H24O5. The van der Waals surface area contributed by atoms with Crippen molar-refractivity contribution in [1.82, 2.24) is 0 Å². The highest BCUT2D eigenvalue weighted by atomic mass is 16.5. The van der Waals surface area contributed by atoms with Crippen LogP contribution in [0, 0.1) is 5.92 Å². The molecule has 5 heteroatoms. The molecule has 0 aliphatic rings. The largest absolute Gasteiger partial charge is 0.466 e. The fraction of sp³-hybridized carbons (Fsp3) is 0.846. The van der Waals surface area contributed by atoms with E-state index in [4.69, 9.17) is 14.2 Å². The van der Waals surface area contributed by atoms with Crippen molar-refractivity contribution in [2.24, 2.45) is 5.92 Å². The Morgan fingerprint density at radius 1 is 1.11 bits per heavy atom. The lowest BCUT2D eigenvalue weighted by molar-refractivity contribution is -0.146. The third-order valence-electron chi connectivity index (χ3n) is 2.41. The summed E-state index contributed by atoms with van der Waals surface area (Å²) in [6.45, 7) is 5.21. The first-order chi connectivity index (χ1) is 8.60. The van der Waals surface area contributed by atoms with Crippen molar-refractivity contribution in [3.8, 4) is 0 Å². The Bertz CT molecular complexity index is 240. The fourth-order valence-corrected chi connectivity index (χ4v) is 1.32. The highest BCUT2D eigenvalue weighted by Crippen LogP contribution is 2.05. The molecule has 0 aromatic rings. The number of hydrogen-bond donors (Lipinski definition) is 0. The van der Waals surface area contributed by atoms with Crippen LogP contribution in [0.5, 0.6) is 0 Å². The average molecular weight is 260 g/mol. The second-order valence-electron chi connectivity index (χ2n) is 4.23. The lowest BCUT2D eigenvalue weighted by Crippen LogP contribution is -2.14. The summed E-state index contributed by atoms with van der Waals surface area (Å²) in [5.41, 5.74) is 0. The molecule has 0 amide bonds. The van der Waals surface area contributed by atoms with Gasteiger partial charge in [-0.15, -0.1) is 0 Å².